The fraction of sp³-hybridized carbons (Fsp3) is 0.471. The number of amides is 4. The molecule has 0 unspecified atom stereocenters. The van der Waals surface area contributed by atoms with Crippen molar-refractivity contribution in [2.24, 2.45) is 11.7 Å². The van der Waals surface area contributed by atoms with Crippen LogP contribution in [0.5, 0.6) is 5.75 Å². The number of aryl methyl sites for hydroxylation is 1. The van der Waals surface area contributed by atoms with Gasteiger partial charge in [0.25, 0.3) is 5.91 Å². The standard InChI is InChI=1S/C34H44N8O6/c1-21-8-11-25-18-27(21)48-15-13-36-29(44)19-41(14-12-37-34(47)31(22(2)43)39-33(25)46)30(45)20-42-32(38-28(40-42)17-24-9-10-24)26(35)16-23-6-4-3-5-7-23/h3-8,11,18,22,24,26,31,43H,9-10,12-17,19-20,35H2,1-2H3,(H,36,44)(H,37,47)(H,39,46)/t22-,26-,31+/m1/s1. The minimum absolute atomic E-state index is 0.0238. The first-order valence-corrected chi connectivity index (χ1v) is 16.3. The van der Waals surface area contributed by atoms with Crippen LogP contribution in [0.4, 0.5) is 0 Å². The van der Waals surface area contributed by atoms with Crippen LogP contribution < -0.4 is 26.4 Å². The summed E-state index contributed by atoms with van der Waals surface area (Å²) in [4.78, 5) is 59.0. The van der Waals surface area contributed by atoms with E-state index in [1.54, 1.807) is 18.2 Å². The summed E-state index contributed by atoms with van der Waals surface area (Å²) in [6, 6.07) is 12.8. The van der Waals surface area contributed by atoms with Gasteiger partial charge in [0.05, 0.1) is 25.2 Å². The van der Waals surface area contributed by atoms with E-state index in [2.05, 4.69) is 21.0 Å². The van der Waals surface area contributed by atoms with Crippen molar-refractivity contribution < 1.29 is 29.0 Å². The van der Waals surface area contributed by atoms with Gasteiger partial charge >= 0.3 is 0 Å². The van der Waals surface area contributed by atoms with Crippen molar-refractivity contribution >= 4 is 23.6 Å². The van der Waals surface area contributed by atoms with Gasteiger partial charge < -0.3 is 36.4 Å². The normalized spacial score (nSPS) is 19.3. The molecule has 256 valence electrons. The summed E-state index contributed by atoms with van der Waals surface area (Å²) in [5.74, 6) is 0.0319. The first-order chi connectivity index (χ1) is 23.1. The van der Waals surface area contributed by atoms with Gasteiger partial charge in [-0.05, 0) is 62.3 Å². The Kier molecular flexibility index (Phi) is 11.4. The molecule has 14 heteroatoms. The Labute approximate surface area is 279 Å². The Hall–Kier alpha value is -4.82. The Morgan fingerprint density at radius 1 is 1.10 bits per heavy atom. The number of nitrogens with zero attached hydrogens (tertiary/aromatic N) is 4. The van der Waals surface area contributed by atoms with Gasteiger partial charge in [0.2, 0.25) is 17.7 Å². The van der Waals surface area contributed by atoms with Gasteiger partial charge in [0.1, 0.15) is 30.8 Å². The summed E-state index contributed by atoms with van der Waals surface area (Å²) in [6.07, 6.45) is 2.22. The molecular weight excluding hydrogens is 616 g/mol. The number of hydrogen-bond donors (Lipinski definition) is 5. The van der Waals surface area contributed by atoms with E-state index in [-0.39, 0.29) is 44.9 Å². The van der Waals surface area contributed by atoms with Crippen molar-refractivity contribution in [3.05, 3.63) is 76.9 Å². The molecule has 4 amide bonds. The molecule has 2 heterocycles. The topological polar surface area (TPSA) is 194 Å². The summed E-state index contributed by atoms with van der Waals surface area (Å²) in [5, 5.41) is 23.0. The van der Waals surface area contributed by atoms with Crippen LogP contribution >= 0.6 is 0 Å². The maximum atomic E-state index is 13.8. The van der Waals surface area contributed by atoms with E-state index < -0.39 is 41.8 Å². The van der Waals surface area contributed by atoms with Gasteiger partial charge in [-0.15, -0.1) is 0 Å². The number of rotatable bonds is 8. The number of carbonyl (C=O) groups is 4. The third-order valence-corrected chi connectivity index (χ3v) is 8.38. The molecule has 2 aliphatic rings. The van der Waals surface area contributed by atoms with Crippen LogP contribution in [0.3, 0.4) is 0 Å². The molecular formula is C34H44N8O6. The molecule has 48 heavy (non-hydrogen) atoms. The molecule has 1 fully saturated rings. The lowest BCUT2D eigenvalue weighted by molar-refractivity contribution is -0.137. The van der Waals surface area contributed by atoms with Crippen molar-refractivity contribution in [1.82, 2.24) is 35.6 Å². The predicted molar refractivity (Wildman–Crippen MR) is 176 cm³/mol. The summed E-state index contributed by atoms with van der Waals surface area (Å²) in [6.45, 7) is 2.93. The smallest absolute Gasteiger partial charge is 0.252 e. The van der Waals surface area contributed by atoms with Crippen molar-refractivity contribution in [1.29, 1.82) is 0 Å². The highest BCUT2D eigenvalue weighted by atomic mass is 16.5. The monoisotopic (exact) mass is 660 g/mol. The number of aromatic nitrogens is 3. The fourth-order valence-corrected chi connectivity index (χ4v) is 5.47. The minimum atomic E-state index is -1.26. The van der Waals surface area contributed by atoms with Gasteiger partial charge in [0.15, 0.2) is 5.82 Å². The van der Waals surface area contributed by atoms with Crippen molar-refractivity contribution in [2.75, 3.05) is 32.8 Å². The molecule has 2 bridgehead atoms. The summed E-state index contributed by atoms with van der Waals surface area (Å²) < 4.78 is 7.35. The third-order valence-electron chi connectivity index (χ3n) is 8.38. The molecule has 1 aromatic heterocycles. The molecule has 6 N–H and O–H groups in total. The maximum Gasteiger partial charge on any atom is 0.252 e. The van der Waals surface area contributed by atoms with Crippen LogP contribution in [0.1, 0.15) is 58.9 Å². The number of fused-ring (bicyclic) bond motifs is 2. The quantitative estimate of drug-likeness (QED) is 0.228. The second-order valence-corrected chi connectivity index (χ2v) is 12.5. The summed E-state index contributed by atoms with van der Waals surface area (Å²) >= 11 is 0. The zero-order valence-corrected chi connectivity index (χ0v) is 27.4. The molecule has 3 atom stereocenters. The lowest BCUT2D eigenvalue weighted by Crippen LogP contribution is -2.54. The Bertz CT molecular complexity index is 1610. The molecule has 1 aliphatic carbocycles. The van der Waals surface area contributed by atoms with E-state index in [1.165, 1.54) is 16.5 Å². The SMILES string of the molecule is Cc1ccc2cc1OCCNC(=O)CN(C(=O)Cn1nc(CC3CC3)nc1[C@H](N)Cc1ccccc1)CCNC(=O)[C@H]([C@@H](C)O)NC2=O. The Morgan fingerprint density at radius 3 is 2.60 bits per heavy atom. The number of aliphatic hydroxyl groups is 1. The molecule has 0 radical (unpaired) electrons. The highest BCUT2D eigenvalue weighted by molar-refractivity contribution is 5.98. The van der Waals surface area contributed by atoms with E-state index in [1.807, 2.05) is 37.3 Å². The molecule has 0 spiro atoms. The van der Waals surface area contributed by atoms with Gasteiger partial charge in [-0.3, -0.25) is 19.2 Å². The van der Waals surface area contributed by atoms with Crippen LogP contribution in [0.15, 0.2) is 48.5 Å². The number of carbonyl (C=O) groups excluding carboxylic acids is 4. The summed E-state index contributed by atoms with van der Waals surface area (Å²) in [5.41, 5.74) is 8.66. The number of benzene rings is 2. The van der Waals surface area contributed by atoms with E-state index >= 15 is 0 Å². The first kappa shape index (κ1) is 34.5. The average molecular weight is 661 g/mol. The Morgan fingerprint density at radius 2 is 1.88 bits per heavy atom. The zero-order valence-electron chi connectivity index (χ0n) is 27.4. The lowest BCUT2D eigenvalue weighted by atomic mass is 10.1. The van der Waals surface area contributed by atoms with E-state index in [4.69, 9.17) is 15.5 Å². The number of nitrogens with two attached hydrogens (primary N) is 1. The summed E-state index contributed by atoms with van der Waals surface area (Å²) in [7, 11) is 0. The van der Waals surface area contributed by atoms with E-state index in [0.29, 0.717) is 36.2 Å². The van der Waals surface area contributed by atoms with Crippen LogP contribution in [0.2, 0.25) is 0 Å². The fourth-order valence-electron chi connectivity index (χ4n) is 5.47. The lowest BCUT2D eigenvalue weighted by Gasteiger charge is -2.25. The van der Waals surface area contributed by atoms with Gasteiger partial charge in [0, 0.05) is 25.1 Å². The highest BCUT2D eigenvalue weighted by Crippen LogP contribution is 2.32. The molecule has 3 aromatic rings. The number of ether oxygens (including phenoxy) is 1. The van der Waals surface area contributed by atoms with E-state index in [9.17, 15) is 24.3 Å². The van der Waals surface area contributed by atoms with Crippen LogP contribution in [-0.2, 0) is 33.8 Å². The molecule has 14 nitrogen and oxygen atoms in total. The number of aliphatic hydroxyl groups excluding tert-OH is 1. The third kappa shape index (κ3) is 9.38. The number of hydrogen-bond acceptors (Lipinski definition) is 9. The van der Waals surface area contributed by atoms with Crippen LogP contribution in [0.25, 0.3) is 0 Å². The molecule has 5 rings (SSSR count). The predicted octanol–water partition coefficient (Wildman–Crippen LogP) is 0.414. The van der Waals surface area contributed by atoms with Crippen molar-refractivity contribution in [3.8, 4) is 5.75 Å². The average Bonchev–Trinajstić information content (AvgIpc) is 3.79. The zero-order chi connectivity index (χ0) is 34.2. The first-order valence-electron chi connectivity index (χ1n) is 16.3. The van der Waals surface area contributed by atoms with Gasteiger partial charge in [-0.2, -0.15) is 5.10 Å². The largest absolute Gasteiger partial charge is 0.491 e. The van der Waals surface area contributed by atoms with Crippen LogP contribution in [0, 0.1) is 12.8 Å². The molecule has 1 aliphatic heterocycles. The maximum absolute atomic E-state index is 13.8. The molecule has 2 aromatic carbocycles. The number of nitrogens with one attached hydrogen (secondary N) is 3. The minimum Gasteiger partial charge on any atom is -0.491 e. The Balaban J connectivity index is 1.33. The van der Waals surface area contributed by atoms with Crippen molar-refractivity contribution in [2.45, 2.75) is 64.3 Å². The van der Waals surface area contributed by atoms with E-state index in [0.717, 1.165) is 24.0 Å². The van der Waals surface area contributed by atoms with Crippen LogP contribution in [-0.4, -0.2) is 93.3 Å². The molecule has 0 saturated heterocycles. The van der Waals surface area contributed by atoms with Crippen molar-refractivity contribution in [3.63, 3.8) is 0 Å². The second-order valence-electron chi connectivity index (χ2n) is 12.5. The second kappa shape index (κ2) is 15.8. The molecule has 1 saturated carbocycles. The highest BCUT2D eigenvalue weighted by Gasteiger charge is 2.29. The van der Waals surface area contributed by atoms with Gasteiger partial charge in [-0.25, -0.2) is 9.67 Å². The van der Waals surface area contributed by atoms with Gasteiger partial charge in [-0.1, -0.05) is 36.4 Å².